The van der Waals surface area contributed by atoms with E-state index >= 15 is 0 Å². The maximum atomic E-state index is 6.17. The minimum absolute atomic E-state index is 0.681. The molecule has 15 heavy (non-hydrogen) atoms. The first-order valence-electron chi connectivity index (χ1n) is 6.02. The van der Waals surface area contributed by atoms with E-state index in [1.54, 1.807) is 11.3 Å². The molecule has 0 saturated heterocycles. The molecule has 0 aromatic carbocycles. The van der Waals surface area contributed by atoms with Crippen LogP contribution in [0.1, 0.15) is 63.9 Å². The van der Waals surface area contributed by atoms with Crippen LogP contribution < -0.4 is 0 Å². The van der Waals surface area contributed by atoms with E-state index < -0.39 is 0 Å². The molecule has 1 atom stereocenters. The van der Waals surface area contributed by atoms with Crippen molar-refractivity contribution in [3.63, 3.8) is 0 Å². The molecule has 1 rings (SSSR count). The second-order valence-electron chi connectivity index (χ2n) is 4.10. The Morgan fingerprint density at radius 1 is 1.27 bits per heavy atom. The quantitative estimate of drug-likeness (QED) is 0.527. The van der Waals surface area contributed by atoms with E-state index in [0.29, 0.717) is 5.92 Å². The molecular formula is C13H21ClS. The standard InChI is InChI=1S/C13H21ClS/c1-3-5-6-7-8-11(4-2)12-9-10-15-13(12)14/h9-11H,3-8H2,1-2H3. The lowest BCUT2D eigenvalue weighted by Gasteiger charge is -2.13. The summed E-state index contributed by atoms with van der Waals surface area (Å²) in [6.07, 6.45) is 7.91. The van der Waals surface area contributed by atoms with Gasteiger partial charge in [-0.1, -0.05) is 51.1 Å². The van der Waals surface area contributed by atoms with Crippen molar-refractivity contribution in [2.45, 2.75) is 58.3 Å². The van der Waals surface area contributed by atoms with Crippen LogP contribution in [-0.2, 0) is 0 Å². The topological polar surface area (TPSA) is 0 Å². The predicted octanol–water partition coefficient (Wildman–Crippen LogP) is 5.87. The lowest BCUT2D eigenvalue weighted by atomic mass is 9.93. The van der Waals surface area contributed by atoms with E-state index in [2.05, 4.69) is 25.3 Å². The molecule has 2 heteroatoms. The van der Waals surface area contributed by atoms with E-state index in [1.165, 1.54) is 44.1 Å². The Balaban J connectivity index is 2.39. The molecule has 1 heterocycles. The molecule has 0 bridgehead atoms. The second-order valence-corrected chi connectivity index (χ2v) is 5.62. The van der Waals surface area contributed by atoms with Gasteiger partial charge in [-0.3, -0.25) is 0 Å². The molecule has 0 radical (unpaired) electrons. The monoisotopic (exact) mass is 244 g/mol. The summed E-state index contributed by atoms with van der Waals surface area (Å²) >= 11 is 7.83. The normalized spacial score (nSPS) is 13.0. The molecule has 0 nitrogen and oxygen atoms in total. The fourth-order valence-corrected chi connectivity index (χ4v) is 3.07. The summed E-state index contributed by atoms with van der Waals surface area (Å²) in [7, 11) is 0. The molecule has 1 unspecified atom stereocenters. The number of thiophene rings is 1. The molecule has 1 aromatic rings. The summed E-state index contributed by atoms with van der Waals surface area (Å²) in [4.78, 5) is 0. The van der Waals surface area contributed by atoms with Gasteiger partial charge < -0.3 is 0 Å². The van der Waals surface area contributed by atoms with Crippen molar-refractivity contribution in [2.24, 2.45) is 0 Å². The minimum Gasteiger partial charge on any atom is -0.132 e. The van der Waals surface area contributed by atoms with Crippen molar-refractivity contribution in [1.29, 1.82) is 0 Å². The molecule has 0 saturated carbocycles. The second kappa shape index (κ2) is 7.29. The molecule has 86 valence electrons. The van der Waals surface area contributed by atoms with Crippen LogP contribution in [0.25, 0.3) is 0 Å². The highest BCUT2D eigenvalue weighted by Crippen LogP contribution is 2.34. The largest absolute Gasteiger partial charge is 0.132 e. The summed E-state index contributed by atoms with van der Waals surface area (Å²) < 4.78 is 0.998. The smallest absolute Gasteiger partial charge is 0.0963 e. The molecule has 0 aliphatic carbocycles. The van der Waals surface area contributed by atoms with Crippen molar-refractivity contribution in [3.05, 3.63) is 21.3 Å². The third-order valence-electron chi connectivity index (χ3n) is 2.98. The Hall–Kier alpha value is -0.0100. The van der Waals surface area contributed by atoms with Crippen molar-refractivity contribution in [3.8, 4) is 0 Å². The van der Waals surface area contributed by atoms with Crippen LogP contribution in [-0.4, -0.2) is 0 Å². The fourth-order valence-electron chi connectivity index (χ4n) is 1.99. The average molecular weight is 245 g/mol. The lowest BCUT2D eigenvalue weighted by Crippen LogP contribution is -1.96. The van der Waals surface area contributed by atoms with Gasteiger partial charge in [-0.15, -0.1) is 11.3 Å². The number of rotatable bonds is 7. The van der Waals surface area contributed by atoms with E-state index in [4.69, 9.17) is 11.6 Å². The summed E-state index contributed by atoms with van der Waals surface area (Å²) in [5.74, 6) is 0.681. The molecular weight excluding hydrogens is 224 g/mol. The van der Waals surface area contributed by atoms with Gasteiger partial charge in [-0.2, -0.15) is 0 Å². The molecule has 0 aliphatic rings. The van der Waals surface area contributed by atoms with Gasteiger partial charge in [0.2, 0.25) is 0 Å². The van der Waals surface area contributed by atoms with Crippen LogP contribution in [0.15, 0.2) is 11.4 Å². The van der Waals surface area contributed by atoms with E-state index in [1.807, 2.05) is 0 Å². The summed E-state index contributed by atoms with van der Waals surface area (Å²) in [6.45, 7) is 4.52. The highest BCUT2D eigenvalue weighted by atomic mass is 35.5. The summed E-state index contributed by atoms with van der Waals surface area (Å²) in [5.41, 5.74) is 1.38. The maximum Gasteiger partial charge on any atom is 0.0963 e. The van der Waals surface area contributed by atoms with Crippen LogP contribution in [0, 0.1) is 0 Å². The van der Waals surface area contributed by atoms with Crippen molar-refractivity contribution in [2.75, 3.05) is 0 Å². The van der Waals surface area contributed by atoms with Gasteiger partial charge in [-0.25, -0.2) is 0 Å². The van der Waals surface area contributed by atoms with Gasteiger partial charge >= 0.3 is 0 Å². The Bertz CT molecular complexity index is 267. The number of hydrogen-bond donors (Lipinski definition) is 0. The Labute approximate surface area is 103 Å². The summed E-state index contributed by atoms with van der Waals surface area (Å²) in [5, 5.41) is 2.10. The highest BCUT2D eigenvalue weighted by Gasteiger charge is 2.13. The molecule has 0 aliphatic heterocycles. The zero-order valence-electron chi connectivity index (χ0n) is 9.76. The van der Waals surface area contributed by atoms with Gasteiger partial charge in [0.15, 0.2) is 0 Å². The number of halogens is 1. The lowest BCUT2D eigenvalue weighted by molar-refractivity contribution is 0.544. The molecule has 1 aromatic heterocycles. The average Bonchev–Trinajstić information content (AvgIpc) is 2.65. The Morgan fingerprint density at radius 3 is 2.60 bits per heavy atom. The van der Waals surface area contributed by atoms with E-state index in [9.17, 15) is 0 Å². The van der Waals surface area contributed by atoms with Crippen LogP contribution in [0.5, 0.6) is 0 Å². The Kier molecular flexibility index (Phi) is 6.35. The molecule has 0 amide bonds. The maximum absolute atomic E-state index is 6.17. The van der Waals surface area contributed by atoms with Gasteiger partial charge in [0.1, 0.15) is 0 Å². The predicted molar refractivity (Wildman–Crippen MR) is 71.1 cm³/mol. The van der Waals surface area contributed by atoms with Gasteiger partial charge in [0, 0.05) is 0 Å². The first-order chi connectivity index (χ1) is 7.29. The van der Waals surface area contributed by atoms with Crippen molar-refractivity contribution in [1.82, 2.24) is 0 Å². The van der Waals surface area contributed by atoms with E-state index in [0.717, 1.165) is 4.34 Å². The highest BCUT2D eigenvalue weighted by molar-refractivity contribution is 7.14. The zero-order valence-corrected chi connectivity index (χ0v) is 11.3. The molecule has 0 fully saturated rings. The van der Waals surface area contributed by atoms with Gasteiger partial charge in [-0.05, 0) is 35.8 Å². The molecule has 0 spiro atoms. The first kappa shape index (κ1) is 13.1. The fraction of sp³-hybridized carbons (Fsp3) is 0.692. The van der Waals surface area contributed by atoms with E-state index in [-0.39, 0.29) is 0 Å². The summed E-state index contributed by atoms with van der Waals surface area (Å²) in [6, 6.07) is 2.20. The van der Waals surface area contributed by atoms with Crippen molar-refractivity contribution >= 4 is 22.9 Å². The van der Waals surface area contributed by atoms with Crippen molar-refractivity contribution < 1.29 is 0 Å². The number of hydrogen-bond acceptors (Lipinski definition) is 1. The van der Waals surface area contributed by atoms with Crippen LogP contribution in [0.4, 0.5) is 0 Å². The van der Waals surface area contributed by atoms with Gasteiger partial charge in [0.25, 0.3) is 0 Å². The van der Waals surface area contributed by atoms with Gasteiger partial charge in [0.05, 0.1) is 4.34 Å². The van der Waals surface area contributed by atoms with Crippen LogP contribution in [0.3, 0.4) is 0 Å². The Morgan fingerprint density at radius 2 is 2.07 bits per heavy atom. The van der Waals surface area contributed by atoms with Crippen LogP contribution in [0.2, 0.25) is 4.34 Å². The number of unbranched alkanes of at least 4 members (excludes halogenated alkanes) is 3. The third-order valence-corrected chi connectivity index (χ3v) is 4.19. The molecule has 0 N–H and O–H groups in total. The third kappa shape index (κ3) is 4.16. The SMILES string of the molecule is CCCCCCC(CC)c1ccsc1Cl. The first-order valence-corrected chi connectivity index (χ1v) is 7.28. The zero-order chi connectivity index (χ0) is 11.1. The minimum atomic E-state index is 0.681. The van der Waals surface area contributed by atoms with Crippen LogP contribution >= 0.6 is 22.9 Å².